The normalized spacial score (nSPS) is 45.6. The second-order valence-electron chi connectivity index (χ2n) is 11.4. The molecule has 0 radical (unpaired) electrons. The van der Waals surface area contributed by atoms with Crippen LogP contribution >= 0.6 is 35.3 Å². The van der Waals surface area contributed by atoms with Gasteiger partial charge in [0.15, 0.2) is 0 Å². The lowest BCUT2D eigenvalue weighted by atomic mass is 9.83. The third kappa shape index (κ3) is 5.15. The molecule has 0 amide bonds. The number of rotatable bonds is 9. The number of carbonyl (C=O) groups is 2. The quantitative estimate of drug-likeness (QED) is 0.304. The van der Waals surface area contributed by atoms with Crippen LogP contribution in [0, 0.1) is 23.7 Å². The zero-order valence-electron chi connectivity index (χ0n) is 19.8. The average molecular weight is 499 g/mol. The van der Waals surface area contributed by atoms with E-state index >= 15 is 0 Å². The van der Waals surface area contributed by atoms with Crippen LogP contribution in [0.15, 0.2) is 0 Å². The summed E-state index contributed by atoms with van der Waals surface area (Å²) in [6.45, 7) is 9.80. The van der Waals surface area contributed by atoms with Gasteiger partial charge in [-0.3, -0.25) is 9.59 Å². The van der Waals surface area contributed by atoms with Crippen LogP contribution in [0.2, 0.25) is 0 Å². The summed E-state index contributed by atoms with van der Waals surface area (Å²) in [5.41, 5.74) is 0. The Bertz CT molecular complexity index is 761. The van der Waals surface area contributed by atoms with Gasteiger partial charge in [0.2, 0.25) is 0 Å². The Hall–Kier alpha value is -0.0100. The number of hydrogen-bond acceptors (Lipinski definition) is 7. The number of carbonyl (C=O) groups excluding carboxylic acids is 2. The van der Waals surface area contributed by atoms with Crippen molar-refractivity contribution in [3.8, 4) is 0 Å². The molecule has 3 saturated heterocycles. The Morgan fingerprint density at radius 1 is 0.938 bits per heavy atom. The first kappa shape index (κ1) is 23.7. The number of hydrogen-bond donors (Lipinski definition) is 0. The van der Waals surface area contributed by atoms with Gasteiger partial charge >= 0.3 is 11.9 Å². The van der Waals surface area contributed by atoms with Gasteiger partial charge in [0.05, 0.1) is 25.0 Å². The van der Waals surface area contributed by atoms with Crippen LogP contribution in [0.4, 0.5) is 0 Å². The molecule has 5 aliphatic rings. The molecule has 5 fully saturated rings. The molecular weight excluding hydrogens is 460 g/mol. The second kappa shape index (κ2) is 8.89. The lowest BCUT2D eigenvalue weighted by Gasteiger charge is -2.27. The van der Waals surface area contributed by atoms with Gasteiger partial charge in [-0.05, 0) is 70.6 Å². The molecule has 3 heterocycles. The van der Waals surface area contributed by atoms with Crippen molar-refractivity contribution in [3.63, 3.8) is 0 Å². The first-order chi connectivity index (χ1) is 15.2. The van der Waals surface area contributed by atoms with Gasteiger partial charge in [-0.25, -0.2) is 0 Å². The van der Waals surface area contributed by atoms with Crippen molar-refractivity contribution < 1.29 is 19.1 Å². The molecule has 10 atom stereocenters. The number of esters is 2. The highest BCUT2D eigenvalue weighted by Crippen LogP contribution is 2.63. The average Bonchev–Trinajstić information content (AvgIpc) is 3.69. The largest absolute Gasteiger partial charge is 0.465 e. The van der Waals surface area contributed by atoms with Gasteiger partial charge in [-0.2, -0.15) is 11.8 Å². The van der Waals surface area contributed by atoms with Crippen LogP contribution in [-0.4, -0.2) is 55.6 Å². The molecule has 0 spiro atoms. The van der Waals surface area contributed by atoms with Gasteiger partial charge in [0, 0.05) is 30.5 Å². The van der Waals surface area contributed by atoms with Crippen LogP contribution in [0.1, 0.15) is 72.6 Å². The van der Waals surface area contributed by atoms with Crippen molar-refractivity contribution in [1.29, 1.82) is 0 Å². The lowest BCUT2D eigenvalue weighted by molar-refractivity contribution is -0.162. The summed E-state index contributed by atoms with van der Waals surface area (Å²) in [7, 11) is 0. The molecule has 4 nitrogen and oxygen atoms in total. The van der Waals surface area contributed by atoms with Crippen molar-refractivity contribution in [2.24, 2.45) is 23.7 Å². The summed E-state index contributed by atoms with van der Waals surface area (Å²) in [4.78, 5) is 26.0. The molecule has 3 aliphatic heterocycles. The van der Waals surface area contributed by atoms with E-state index in [1.165, 1.54) is 12.8 Å². The third-order valence-corrected chi connectivity index (χ3v) is 13.7. The Morgan fingerprint density at radius 3 is 1.91 bits per heavy atom. The Labute approximate surface area is 205 Å². The van der Waals surface area contributed by atoms with Crippen molar-refractivity contribution in [2.45, 2.75) is 103 Å². The molecule has 0 aromatic carbocycles. The van der Waals surface area contributed by atoms with E-state index < -0.39 is 5.92 Å². The Balaban J connectivity index is 1.11. The first-order valence-corrected chi connectivity index (χ1v) is 15.2. The maximum absolute atomic E-state index is 13.1. The summed E-state index contributed by atoms with van der Waals surface area (Å²) >= 11 is 6.06. The highest BCUT2D eigenvalue weighted by Gasteiger charge is 2.55. The maximum Gasteiger partial charge on any atom is 0.309 e. The monoisotopic (exact) mass is 498 g/mol. The fourth-order valence-corrected chi connectivity index (χ4v) is 9.47. The molecule has 10 unspecified atom stereocenters. The van der Waals surface area contributed by atoms with Crippen LogP contribution < -0.4 is 0 Å². The lowest BCUT2D eigenvalue weighted by Crippen LogP contribution is -2.34. The van der Waals surface area contributed by atoms with Crippen molar-refractivity contribution >= 4 is 47.2 Å². The molecule has 32 heavy (non-hydrogen) atoms. The van der Waals surface area contributed by atoms with E-state index in [9.17, 15) is 9.59 Å². The molecule has 0 N–H and O–H groups in total. The van der Waals surface area contributed by atoms with Gasteiger partial charge in [0.25, 0.3) is 0 Å². The maximum atomic E-state index is 13.1. The van der Waals surface area contributed by atoms with E-state index in [2.05, 4.69) is 44.3 Å². The molecule has 7 heteroatoms. The molecule has 180 valence electrons. The zero-order chi connectivity index (χ0) is 22.7. The molecule has 5 rings (SSSR count). The predicted octanol–water partition coefficient (Wildman–Crippen LogP) is 5.57. The number of thioether (sulfide) groups is 3. The van der Waals surface area contributed by atoms with Gasteiger partial charge < -0.3 is 9.47 Å². The minimum absolute atomic E-state index is 0.186. The van der Waals surface area contributed by atoms with Gasteiger partial charge in [-0.1, -0.05) is 13.8 Å². The van der Waals surface area contributed by atoms with Gasteiger partial charge in [0.1, 0.15) is 0 Å². The van der Waals surface area contributed by atoms with Crippen LogP contribution in [-0.2, 0) is 19.1 Å². The van der Waals surface area contributed by atoms with E-state index in [0.717, 1.165) is 42.6 Å². The highest BCUT2D eigenvalue weighted by atomic mass is 32.2. The van der Waals surface area contributed by atoms with Crippen LogP contribution in [0.25, 0.3) is 0 Å². The van der Waals surface area contributed by atoms with Crippen molar-refractivity contribution in [2.75, 3.05) is 13.2 Å². The summed E-state index contributed by atoms with van der Waals surface area (Å²) < 4.78 is 12.6. The molecule has 2 saturated carbocycles. The third-order valence-electron chi connectivity index (χ3n) is 8.79. The fraction of sp³-hybridized carbons (Fsp3) is 0.920. The summed E-state index contributed by atoms with van der Waals surface area (Å²) in [5, 5.41) is 2.54. The van der Waals surface area contributed by atoms with Crippen LogP contribution in [0.5, 0.6) is 0 Å². The molecule has 0 bridgehead atoms. The molecule has 0 aromatic heterocycles. The van der Waals surface area contributed by atoms with E-state index in [-0.39, 0.29) is 17.9 Å². The standard InChI is InChI=1S/C25H38O4S3/c1-14(22(26)28-12-16-5-7-24(3)20(9-16)31-24)18(11-19-15(2)30-19)23(27)29-13-17-6-8-25(4)21(10-17)32-25/h14-21H,5-13H2,1-4H3. The minimum atomic E-state index is -0.436. The Morgan fingerprint density at radius 2 is 1.44 bits per heavy atom. The van der Waals surface area contributed by atoms with E-state index in [1.54, 1.807) is 0 Å². The zero-order valence-corrected chi connectivity index (χ0v) is 22.3. The number of ether oxygens (including phenoxy) is 2. The number of fused-ring (bicyclic) bond motifs is 2. The SMILES string of the molecule is CC1SC1CC(C(=O)OCC1CCC2(C)SC2C1)C(C)C(=O)OCC1CCC2(C)SC2C1. The fourth-order valence-electron chi connectivity index (χ4n) is 5.78. The molecular formula is C25H38O4S3. The summed E-state index contributed by atoms with van der Waals surface area (Å²) in [5.74, 6) is -0.280. The minimum Gasteiger partial charge on any atom is -0.465 e. The highest BCUT2D eigenvalue weighted by molar-refractivity contribution is 8.09. The summed E-state index contributed by atoms with van der Waals surface area (Å²) in [6.07, 6.45) is 7.78. The van der Waals surface area contributed by atoms with Crippen molar-refractivity contribution in [3.05, 3.63) is 0 Å². The van der Waals surface area contributed by atoms with E-state index in [0.29, 0.717) is 45.0 Å². The topological polar surface area (TPSA) is 52.6 Å². The van der Waals surface area contributed by atoms with E-state index in [1.807, 2.05) is 18.7 Å². The molecule has 0 aromatic rings. The Kier molecular flexibility index (Phi) is 6.59. The van der Waals surface area contributed by atoms with Crippen LogP contribution in [0.3, 0.4) is 0 Å². The first-order valence-electron chi connectivity index (χ1n) is 12.5. The van der Waals surface area contributed by atoms with E-state index in [4.69, 9.17) is 9.47 Å². The second-order valence-corrected chi connectivity index (χ2v) is 16.5. The smallest absolute Gasteiger partial charge is 0.309 e. The van der Waals surface area contributed by atoms with Crippen molar-refractivity contribution in [1.82, 2.24) is 0 Å². The summed E-state index contributed by atoms with van der Waals surface area (Å²) in [6, 6.07) is 0. The molecule has 2 aliphatic carbocycles. The predicted molar refractivity (Wildman–Crippen MR) is 134 cm³/mol. The van der Waals surface area contributed by atoms with Gasteiger partial charge in [-0.15, -0.1) is 23.5 Å².